The number of ether oxygens (including phenoxy) is 2. The lowest BCUT2D eigenvalue weighted by Crippen LogP contribution is -2.41. The standard InChI is InChI=1S/C33H33NO5/c35-30-23-34(38-22-21-32(36)37-25-26-13-5-1-6-14-26)24-31(30)39-33(27-15-7-2-8-16-27,28-17-9-3-10-18-28)29-19-11-4-12-20-29/h1-20,30-31,35H,21-25H2/t30-,31-/m1/s1. The summed E-state index contributed by atoms with van der Waals surface area (Å²) in [6.07, 6.45) is -1.19. The van der Waals surface area contributed by atoms with Crippen molar-refractivity contribution in [3.05, 3.63) is 144 Å². The van der Waals surface area contributed by atoms with Crippen LogP contribution in [0, 0.1) is 0 Å². The van der Waals surface area contributed by atoms with Gasteiger partial charge in [0.2, 0.25) is 0 Å². The van der Waals surface area contributed by atoms with Gasteiger partial charge in [-0.1, -0.05) is 121 Å². The minimum atomic E-state index is -0.938. The first-order valence-corrected chi connectivity index (χ1v) is 13.2. The largest absolute Gasteiger partial charge is 0.461 e. The van der Waals surface area contributed by atoms with Gasteiger partial charge in [-0.2, -0.15) is 5.06 Å². The lowest BCUT2D eigenvalue weighted by molar-refractivity contribution is -0.167. The number of benzene rings is 4. The van der Waals surface area contributed by atoms with Crippen molar-refractivity contribution in [2.75, 3.05) is 19.7 Å². The molecule has 0 amide bonds. The molecule has 2 atom stereocenters. The van der Waals surface area contributed by atoms with Crippen LogP contribution in [-0.2, 0) is 31.3 Å². The smallest absolute Gasteiger partial charge is 0.308 e. The van der Waals surface area contributed by atoms with Crippen LogP contribution in [0.25, 0.3) is 0 Å². The second kappa shape index (κ2) is 12.8. The number of rotatable bonds is 11. The van der Waals surface area contributed by atoms with Gasteiger partial charge in [-0.15, -0.1) is 0 Å². The van der Waals surface area contributed by atoms with Gasteiger partial charge in [0, 0.05) is 0 Å². The van der Waals surface area contributed by atoms with E-state index in [0.29, 0.717) is 6.54 Å². The number of hydrogen-bond acceptors (Lipinski definition) is 6. The highest BCUT2D eigenvalue weighted by Crippen LogP contribution is 2.42. The molecule has 1 aliphatic rings. The van der Waals surface area contributed by atoms with Crippen LogP contribution in [0.5, 0.6) is 0 Å². The quantitative estimate of drug-likeness (QED) is 0.218. The van der Waals surface area contributed by atoms with Crippen molar-refractivity contribution in [3.8, 4) is 0 Å². The van der Waals surface area contributed by atoms with Crippen molar-refractivity contribution < 1.29 is 24.2 Å². The second-order valence-corrected chi connectivity index (χ2v) is 9.58. The van der Waals surface area contributed by atoms with Crippen LogP contribution in [0.1, 0.15) is 28.7 Å². The number of aliphatic hydroxyl groups is 1. The molecule has 1 saturated heterocycles. The fourth-order valence-corrected chi connectivity index (χ4v) is 4.96. The monoisotopic (exact) mass is 523 g/mol. The zero-order chi connectivity index (χ0) is 26.9. The van der Waals surface area contributed by atoms with Gasteiger partial charge < -0.3 is 14.6 Å². The molecule has 6 nitrogen and oxygen atoms in total. The van der Waals surface area contributed by atoms with Crippen LogP contribution >= 0.6 is 0 Å². The number of hydroxylamine groups is 2. The average Bonchev–Trinajstić information content (AvgIpc) is 3.35. The first-order valence-electron chi connectivity index (χ1n) is 13.2. The third kappa shape index (κ3) is 6.44. The number of carbonyl (C=O) groups excluding carboxylic acids is 1. The molecule has 1 aliphatic heterocycles. The van der Waals surface area contributed by atoms with Crippen LogP contribution in [0.15, 0.2) is 121 Å². The Labute approximate surface area is 229 Å². The molecule has 0 aromatic heterocycles. The summed E-state index contributed by atoms with van der Waals surface area (Å²) in [6, 6.07) is 39.8. The van der Waals surface area contributed by atoms with Gasteiger partial charge in [-0.05, 0) is 22.3 Å². The van der Waals surface area contributed by atoms with Crippen molar-refractivity contribution in [1.29, 1.82) is 0 Å². The first kappa shape index (κ1) is 26.8. The molecule has 0 saturated carbocycles. The van der Waals surface area contributed by atoms with Crippen LogP contribution in [0.3, 0.4) is 0 Å². The van der Waals surface area contributed by atoms with Gasteiger partial charge in [-0.3, -0.25) is 9.63 Å². The molecule has 0 radical (unpaired) electrons. The van der Waals surface area contributed by atoms with Gasteiger partial charge >= 0.3 is 5.97 Å². The minimum Gasteiger partial charge on any atom is -0.461 e. The molecule has 1 heterocycles. The van der Waals surface area contributed by atoms with Crippen molar-refractivity contribution >= 4 is 5.97 Å². The molecule has 0 spiro atoms. The zero-order valence-electron chi connectivity index (χ0n) is 21.8. The lowest BCUT2D eigenvalue weighted by atomic mass is 9.80. The highest BCUT2D eigenvalue weighted by Gasteiger charge is 2.44. The summed E-state index contributed by atoms with van der Waals surface area (Å²) in [4.78, 5) is 18.0. The molecule has 1 N–H and O–H groups in total. The number of hydrogen-bond donors (Lipinski definition) is 1. The molecule has 1 fully saturated rings. The summed E-state index contributed by atoms with van der Waals surface area (Å²) < 4.78 is 12.3. The van der Waals surface area contributed by atoms with E-state index in [9.17, 15) is 9.90 Å². The predicted molar refractivity (Wildman–Crippen MR) is 148 cm³/mol. The Morgan fingerprint density at radius 1 is 0.744 bits per heavy atom. The molecule has 0 unspecified atom stereocenters. The topological polar surface area (TPSA) is 68.2 Å². The van der Waals surface area contributed by atoms with E-state index in [0.717, 1.165) is 22.3 Å². The Balaban J connectivity index is 1.28. The van der Waals surface area contributed by atoms with E-state index in [2.05, 4.69) is 36.4 Å². The molecular weight excluding hydrogens is 490 g/mol. The third-order valence-corrected chi connectivity index (χ3v) is 6.90. The normalized spacial score (nSPS) is 17.7. The maximum Gasteiger partial charge on any atom is 0.308 e. The Hall–Kier alpha value is -3.81. The van der Waals surface area contributed by atoms with Crippen molar-refractivity contribution in [2.45, 2.75) is 30.8 Å². The second-order valence-electron chi connectivity index (χ2n) is 9.58. The van der Waals surface area contributed by atoms with E-state index < -0.39 is 17.8 Å². The molecular formula is C33H33NO5. The Morgan fingerprint density at radius 2 is 1.23 bits per heavy atom. The van der Waals surface area contributed by atoms with E-state index in [-0.39, 0.29) is 32.1 Å². The van der Waals surface area contributed by atoms with Gasteiger partial charge in [0.25, 0.3) is 0 Å². The first-order chi connectivity index (χ1) is 19.1. The molecule has 0 aliphatic carbocycles. The Morgan fingerprint density at radius 3 is 1.74 bits per heavy atom. The average molecular weight is 524 g/mol. The summed E-state index contributed by atoms with van der Waals surface area (Å²) in [5.41, 5.74) is 2.90. The van der Waals surface area contributed by atoms with Gasteiger partial charge in [0.1, 0.15) is 18.3 Å². The Bertz CT molecular complexity index is 1200. The van der Waals surface area contributed by atoms with Crippen molar-refractivity contribution in [3.63, 3.8) is 0 Å². The minimum absolute atomic E-state index is 0.118. The summed E-state index contributed by atoms with van der Waals surface area (Å²) in [5, 5.41) is 12.7. The van der Waals surface area contributed by atoms with Gasteiger partial charge in [0.05, 0.1) is 32.2 Å². The zero-order valence-corrected chi connectivity index (χ0v) is 21.8. The summed E-state index contributed by atoms with van der Waals surface area (Å²) in [5.74, 6) is -0.331. The van der Waals surface area contributed by atoms with Crippen molar-refractivity contribution in [1.82, 2.24) is 5.06 Å². The maximum atomic E-state index is 12.2. The summed E-state index contributed by atoms with van der Waals surface area (Å²) in [7, 11) is 0. The Kier molecular flexibility index (Phi) is 8.81. The number of esters is 1. The van der Waals surface area contributed by atoms with E-state index in [4.69, 9.17) is 14.3 Å². The SMILES string of the molecule is O=C(CCON1C[C@@H](O)[C@H](OC(c2ccccc2)(c2ccccc2)c2ccccc2)C1)OCc1ccccc1. The summed E-state index contributed by atoms with van der Waals surface area (Å²) >= 11 is 0. The molecule has 200 valence electrons. The van der Waals surface area contributed by atoms with E-state index in [1.54, 1.807) is 5.06 Å². The number of nitrogens with zero attached hydrogens (tertiary/aromatic N) is 1. The number of β-amino-alcohol motifs (C(OH)–C–C–N with tert-alkyl or cyclic N) is 1. The predicted octanol–water partition coefficient (Wildman–Crippen LogP) is 5.11. The van der Waals surface area contributed by atoms with Gasteiger partial charge in [0.15, 0.2) is 0 Å². The highest BCUT2D eigenvalue weighted by atomic mass is 16.7. The summed E-state index contributed by atoms with van der Waals surface area (Å²) in [6.45, 7) is 1.03. The van der Waals surface area contributed by atoms with Crippen LogP contribution in [0.2, 0.25) is 0 Å². The molecule has 4 aromatic carbocycles. The van der Waals surface area contributed by atoms with E-state index >= 15 is 0 Å². The van der Waals surface area contributed by atoms with E-state index in [1.807, 2.05) is 84.9 Å². The molecule has 5 rings (SSSR count). The van der Waals surface area contributed by atoms with Crippen LogP contribution in [-0.4, -0.2) is 48.0 Å². The third-order valence-electron chi connectivity index (χ3n) is 6.90. The number of carbonyl (C=O) groups is 1. The molecule has 39 heavy (non-hydrogen) atoms. The molecule has 6 heteroatoms. The molecule has 0 bridgehead atoms. The lowest BCUT2D eigenvalue weighted by Gasteiger charge is -2.38. The molecule has 4 aromatic rings. The fraction of sp³-hybridized carbons (Fsp3) is 0.242. The van der Waals surface area contributed by atoms with Crippen LogP contribution < -0.4 is 0 Å². The van der Waals surface area contributed by atoms with Crippen LogP contribution in [0.4, 0.5) is 0 Å². The van der Waals surface area contributed by atoms with E-state index in [1.165, 1.54) is 0 Å². The number of aliphatic hydroxyl groups excluding tert-OH is 1. The van der Waals surface area contributed by atoms with Crippen molar-refractivity contribution in [2.24, 2.45) is 0 Å². The highest BCUT2D eigenvalue weighted by molar-refractivity contribution is 5.69. The maximum absolute atomic E-state index is 12.2. The van der Waals surface area contributed by atoms with Gasteiger partial charge in [-0.25, -0.2) is 0 Å². The fourth-order valence-electron chi connectivity index (χ4n) is 4.96.